The van der Waals surface area contributed by atoms with Crippen molar-refractivity contribution in [2.24, 2.45) is 0 Å². The van der Waals surface area contributed by atoms with E-state index in [9.17, 15) is 18.0 Å². The summed E-state index contributed by atoms with van der Waals surface area (Å²) in [6.45, 7) is 2.35. The van der Waals surface area contributed by atoms with Gasteiger partial charge in [0.1, 0.15) is 5.75 Å². The first-order valence-corrected chi connectivity index (χ1v) is 10.9. The number of piperidine rings is 1. The fourth-order valence-electron chi connectivity index (χ4n) is 3.14. The van der Waals surface area contributed by atoms with Crippen molar-refractivity contribution in [1.29, 1.82) is 0 Å². The third-order valence-electron chi connectivity index (χ3n) is 4.67. The summed E-state index contributed by atoms with van der Waals surface area (Å²) >= 11 is 0. The number of nitrogens with one attached hydrogen (secondary N) is 1. The number of ether oxygens (including phenoxy) is 1. The molecule has 0 bridgehead atoms. The van der Waals surface area contributed by atoms with Gasteiger partial charge in [0.05, 0.1) is 4.90 Å². The van der Waals surface area contributed by atoms with Crippen molar-refractivity contribution >= 4 is 27.4 Å². The van der Waals surface area contributed by atoms with Gasteiger partial charge in [-0.15, -0.1) is 0 Å². The molecule has 0 saturated carbocycles. The Kier molecular flexibility index (Phi) is 6.66. The molecule has 1 saturated heterocycles. The minimum absolute atomic E-state index is 0.169. The van der Waals surface area contributed by atoms with Crippen LogP contribution in [0.5, 0.6) is 5.75 Å². The van der Waals surface area contributed by atoms with Crippen LogP contribution in [0.1, 0.15) is 36.5 Å². The van der Waals surface area contributed by atoms with E-state index in [-0.39, 0.29) is 23.2 Å². The third kappa shape index (κ3) is 5.42. The number of anilines is 1. The van der Waals surface area contributed by atoms with E-state index in [2.05, 4.69) is 5.32 Å². The van der Waals surface area contributed by atoms with Crippen molar-refractivity contribution in [1.82, 2.24) is 4.31 Å². The fourth-order valence-corrected chi connectivity index (χ4v) is 4.65. The van der Waals surface area contributed by atoms with Crippen molar-refractivity contribution in [3.05, 3.63) is 54.1 Å². The molecule has 1 N–H and O–H groups in total. The topological polar surface area (TPSA) is 92.8 Å². The second kappa shape index (κ2) is 9.19. The average Bonchev–Trinajstić information content (AvgIpc) is 2.73. The smallest absolute Gasteiger partial charge is 0.243 e. The largest absolute Gasteiger partial charge is 0.485 e. The molecule has 0 radical (unpaired) electrons. The molecule has 29 heavy (non-hydrogen) atoms. The van der Waals surface area contributed by atoms with E-state index in [1.807, 2.05) is 0 Å². The molecular weight excluding hydrogens is 392 g/mol. The molecular formula is C21H24N2O5S. The molecule has 1 fully saturated rings. The van der Waals surface area contributed by atoms with E-state index in [0.717, 1.165) is 19.3 Å². The highest BCUT2D eigenvalue weighted by atomic mass is 32.2. The maximum absolute atomic E-state index is 12.6. The van der Waals surface area contributed by atoms with Crippen LogP contribution in [0, 0.1) is 0 Å². The second-order valence-electron chi connectivity index (χ2n) is 6.91. The van der Waals surface area contributed by atoms with Gasteiger partial charge in [0.15, 0.2) is 12.4 Å². The van der Waals surface area contributed by atoms with Gasteiger partial charge in [0.2, 0.25) is 15.9 Å². The summed E-state index contributed by atoms with van der Waals surface area (Å²) < 4.78 is 32.3. The molecule has 2 aromatic rings. The number of ketones is 1. The Morgan fingerprint density at radius 1 is 0.966 bits per heavy atom. The number of nitrogens with zero attached hydrogens (tertiary/aromatic N) is 1. The van der Waals surface area contributed by atoms with Gasteiger partial charge in [0.25, 0.3) is 0 Å². The van der Waals surface area contributed by atoms with Gasteiger partial charge in [-0.25, -0.2) is 8.42 Å². The number of amides is 1. The number of Topliss-reactive ketones (excluding diaryl/α,β-unsaturated/α-hetero) is 1. The summed E-state index contributed by atoms with van der Waals surface area (Å²) in [5, 5.41) is 2.64. The fraction of sp³-hybridized carbons (Fsp3) is 0.333. The SMILES string of the molecule is CC(=O)Nc1ccc(C(=O)COc2ccc(S(=O)(=O)N3CCCCC3)cc2)cc1. The predicted molar refractivity (Wildman–Crippen MR) is 110 cm³/mol. The quantitative estimate of drug-likeness (QED) is 0.700. The molecule has 1 aliphatic heterocycles. The second-order valence-corrected chi connectivity index (χ2v) is 8.84. The lowest BCUT2D eigenvalue weighted by molar-refractivity contribution is -0.114. The summed E-state index contributed by atoms with van der Waals surface area (Å²) in [7, 11) is -3.48. The van der Waals surface area contributed by atoms with Crippen molar-refractivity contribution in [2.45, 2.75) is 31.1 Å². The Bertz CT molecular complexity index is 963. The maximum atomic E-state index is 12.6. The molecule has 2 aromatic carbocycles. The van der Waals surface area contributed by atoms with Crippen molar-refractivity contribution in [3.63, 3.8) is 0 Å². The van der Waals surface area contributed by atoms with Gasteiger partial charge in [-0.1, -0.05) is 6.42 Å². The number of sulfonamides is 1. The molecule has 1 amide bonds. The van der Waals surface area contributed by atoms with Crippen molar-refractivity contribution < 1.29 is 22.7 Å². The van der Waals surface area contributed by atoms with Gasteiger partial charge < -0.3 is 10.1 Å². The van der Waals surface area contributed by atoms with Crippen LogP contribution < -0.4 is 10.1 Å². The van der Waals surface area contributed by atoms with Gasteiger partial charge >= 0.3 is 0 Å². The normalized spacial score (nSPS) is 14.9. The first-order valence-electron chi connectivity index (χ1n) is 9.50. The third-order valence-corrected chi connectivity index (χ3v) is 6.59. The lowest BCUT2D eigenvalue weighted by Gasteiger charge is -2.25. The number of rotatable bonds is 7. The van der Waals surface area contributed by atoms with E-state index < -0.39 is 10.0 Å². The molecule has 0 aromatic heterocycles. The number of carbonyl (C=O) groups excluding carboxylic acids is 2. The van der Waals surface area contributed by atoms with Crippen LogP contribution in [0.4, 0.5) is 5.69 Å². The Balaban J connectivity index is 1.58. The maximum Gasteiger partial charge on any atom is 0.243 e. The molecule has 0 aliphatic carbocycles. The zero-order valence-corrected chi connectivity index (χ0v) is 17.1. The zero-order chi connectivity index (χ0) is 20.9. The van der Waals surface area contributed by atoms with Gasteiger partial charge in [-0.2, -0.15) is 4.31 Å². The van der Waals surface area contributed by atoms with Crippen LogP contribution in [-0.2, 0) is 14.8 Å². The Hall–Kier alpha value is -2.71. The first-order chi connectivity index (χ1) is 13.9. The standard InChI is InChI=1S/C21H24N2O5S/c1-16(24)22-18-7-5-17(6-8-18)21(25)15-28-19-9-11-20(12-10-19)29(26,27)23-13-3-2-4-14-23/h5-12H,2-4,13-15H2,1H3,(H,22,24). The number of hydrogen-bond acceptors (Lipinski definition) is 5. The summed E-state index contributed by atoms with van der Waals surface area (Å²) in [6, 6.07) is 12.7. The summed E-state index contributed by atoms with van der Waals surface area (Å²) in [5.41, 5.74) is 1.07. The van der Waals surface area contributed by atoms with E-state index >= 15 is 0 Å². The van der Waals surface area contributed by atoms with Crippen LogP contribution in [0.3, 0.4) is 0 Å². The van der Waals surface area contributed by atoms with Gasteiger partial charge in [0, 0.05) is 31.3 Å². The molecule has 1 heterocycles. The molecule has 3 rings (SSSR count). The molecule has 7 nitrogen and oxygen atoms in total. The van der Waals surface area contributed by atoms with Crippen LogP contribution >= 0.6 is 0 Å². The Morgan fingerprint density at radius 3 is 2.17 bits per heavy atom. The van der Waals surface area contributed by atoms with E-state index in [1.54, 1.807) is 36.4 Å². The molecule has 0 atom stereocenters. The summed E-state index contributed by atoms with van der Waals surface area (Å²) in [6.07, 6.45) is 2.82. The summed E-state index contributed by atoms with van der Waals surface area (Å²) in [5.74, 6) is 0.0216. The van der Waals surface area contributed by atoms with Crippen LogP contribution in [0.25, 0.3) is 0 Å². The predicted octanol–water partition coefficient (Wildman–Crippen LogP) is 3.08. The van der Waals surface area contributed by atoms with Gasteiger partial charge in [-0.3, -0.25) is 9.59 Å². The van der Waals surface area contributed by atoms with E-state index in [0.29, 0.717) is 30.1 Å². The number of carbonyl (C=O) groups is 2. The highest BCUT2D eigenvalue weighted by Crippen LogP contribution is 2.23. The number of benzene rings is 2. The highest BCUT2D eigenvalue weighted by Gasteiger charge is 2.25. The lowest BCUT2D eigenvalue weighted by atomic mass is 10.1. The van der Waals surface area contributed by atoms with Crippen LogP contribution in [0.2, 0.25) is 0 Å². The Labute approximate surface area is 170 Å². The van der Waals surface area contributed by atoms with Crippen molar-refractivity contribution in [3.8, 4) is 5.75 Å². The molecule has 0 unspecified atom stereocenters. The molecule has 1 aliphatic rings. The average molecular weight is 416 g/mol. The summed E-state index contributed by atoms with van der Waals surface area (Å²) in [4.78, 5) is 23.5. The monoisotopic (exact) mass is 416 g/mol. The van der Waals surface area contributed by atoms with E-state index in [1.165, 1.54) is 23.4 Å². The molecule has 154 valence electrons. The number of hydrogen-bond donors (Lipinski definition) is 1. The van der Waals surface area contributed by atoms with Gasteiger partial charge in [-0.05, 0) is 61.4 Å². The van der Waals surface area contributed by atoms with E-state index in [4.69, 9.17) is 4.74 Å². The lowest BCUT2D eigenvalue weighted by Crippen LogP contribution is -2.35. The molecule has 8 heteroatoms. The minimum atomic E-state index is -3.48. The first kappa shape index (κ1) is 21.0. The zero-order valence-electron chi connectivity index (χ0n) is 16.3. The highest BCUT2D eigenvalue weighted by molar-refractivity contribution is 7.89. The molecule has 0 spiro atoms. The van der Waals surface area contributed by atoms with Crippen molar-refractivity contribution in [2.75, 3.05) is 25.0 Å². The van der Waals surface area contributed by atoms with Crippen LogP contribution in [0.15, 0.2) is 53.4 Å². The Morgan fingerprint density at radius 2 is 1.59 bits per heavy atom. The van der Waals surface area contributed by atoms with Crippen LogP contribution in [-0.4, -0.2) is 44.1 Å². The minimum Gasteiger partial charge on any atom is -0.485 e.